The quantitative estimate of drug-likeness (QED) is 0.714. The van der Waals surface area contributed by atoms with Crippen molar-refractivity contribution in [3.8, 4) is 11.6 Å². The molecule has 1 fully saturated rings. The van der Waals surface area contributed by atoms with Crippen molar-refractivity contribution in [1.29, 1.82) is 0 Å². The highest BCUT2D eigenvalue weighted by molar-refractivity contribution is 7.13. The summed E-state index contributed by atoms with van der Waals surface area (Å²) in [5.41, 5.74) is 0. The van der Waals surface area contributed by atoms with Gasteiger partial charge in [-0.05, 0) is 31.2 Å². The van der Waals surface area contributed by atoms with E-state index in [4.69, 9.17) is 8.94 Å². The van der Waals surface area contributed by atoms with Crippen molar-refractivity contribution in [1.82, 2.24) is 19.9 Å². The number of piperazine rings is 1. The van der Waals surface area contributed by atoms with Crippen molar-refractivity contribution < 1.29 is 13.7 Å². The predicted molar refractivity (Wildman–Crippen MR) is 92.2 cm³/mol. The van der Waals surface area contributed by atoms with Gasteiger partial charge in [-0.15, -0.1) is 11.3 Å². The fourth-order valence-electron chi connectivity index (χ4n) is 2.83. The van der Waals surface area contributed by atoms with Gasteiger partial charge in [0.1, 0.15) is 0 Å². The molecule has 1 saturated heterocycles. The van der Waals surface area contributed by atoms with Crippen molar-refractivity contribution in [3.63, 3.8) is 0 Å². The number of rotatable bonds is 4. The van der Waals surface area contributed by atoms with E-state index in [1.165, 1.54) is 0 Å². The topological polar surface area (TPSA) is 75.6 Å². The Kier molecular flexibility index (Phi) is 4.37. The summed E-state index contributed by atoms with van der Waals surface area (Å²) in [5.74, 6) is 1.73. The van der Waals surface area contributed by atoms with E-state index >= 15 is 0 Å². The lowest BCUT2D eigenvalue weighted by molar-refractivity contribution is 0.0620. The van der Waals surface area contributed by atoms with Gasteiger partial charge in [0.15, 0.2) is 5.76 Å². The fraction of sp³-hybridized carbons (Fsp3) is 0.353. The van der Waals surface area contributed by atoms with Gasteiger partial charge in [0.2, 0.25) is 11.7 Å². The maximum Gasteiger partial charge on any atom is 0.264 e. The lowest BCUT2D eigenvalue weighted by Gasteiger charge is -2.33. The molecule has 1 aliphatic heterocycles. The van der Waals surface area contributed by atoms with Crippen molar-refractivity contribution in [3.05, 3.63) is 46.2 Å². The van der Waals surface area contributed by atoms with E-state index in [1.54, 1.807) is 29.7 Å². The van der Waals surface area contributed by atoms with Crippen LogP contribution in [0.3, 0.4) is 0 Å². The van der Waals surface area contributed by atoms with Crippen molar-refractivity contribution in [2.24, 2.45) is 0 Å². The second-order valence-corrected chi connectivity index (χ2v) is 7.26. The Bertz CT molecular complexity index is 847. The Labute approximate surface area is 148 Å². The van der Waals surface area contributed by atoms with Crippen LogP contribution in [0.1, 0.15) is 20.4 Å². The Morgan fingerprint density at radius 3 is 2.76 bits per heavy atom. The summed E-state index contributed by atoms with van der Waals surface area (Å²) >= 11 is 1.55. The third kappa shape index (κ3) is 3.49. The number of furan rings is 1. The predicted octanol–water partition coefficient (Wildman–Crippen LogP) is 2.66. The second-order valence-electron chi connectivity index (χ2n) is 5.97. The Balaban J connectivity index is 1.32. The first-order valence-electron chi connectivity index (χ1n) is 8.13. The largest absolute Gasteiger partial charge is 0.461 e. The Morgan fingerprint density at radius 1 is 1.24 bits per heavy atom. The van der Waals surface area contributed by atoms with Gasteiger partial charge in [0.05, 0.1) is 17.7 Å². The maximum absolute atomic E-state index is 12.5. The molecule has 1 amide bonds. The molecule has 0 radical (unpaired) electrons. The number of aryl methyl sites for hydroxylation is 1. The van der Waals surface area contributed by atoms with E-state index in [0.29, 0.717) is 37.1 Å². The molecule has 4 heterocycles. The molecule has 3 aromatic rings. The van der Waals surface area contributed by atoms with E-state index in [-0.39, 0.29) is 5.91 Å². The zero-order valence-corrected chi connectivity index (χ0v) is 14.7. The second kappa shape index (κ2) is 6.81. The van der Waals surface area contributed by atoms with Crippen LogP contribution in [-0.4, -0.2) is 52.0 Å². The minimum atomic E-state index is 0.121. The molecule has 0 N–H and O–H groups in total. The molecule has 7 nitrogen and oxygen atoms in total. The van der Waals surface area contributed by atoms with Gasteiger partial charge < -0.3 is 13.8 Å². The Morgan fingerprint density at radius 2 is 2.08 bits per heavy atom. The maximum atomic E-state index is 12.5. The van der Waals surface area contributed by atoms with E-state index in [0.717, 1.165) is 22.8 Å². The monoisotopic (exact) mass is 358 g/mol. The molecule has 0 aliphatic carbocycles. The lowest BCUT2D eigenvalue weighted by Crippen LogP contribution is -2.48. The minimum absolute atomic E-state index is 0.121. The van der Waals surface area contributed by atoms with E-state index in [2.05, 4.69) is 15.0 Å². The van der Waals surface area contributed by atoms with Crippen molar-refractivity contribution >= 4 is 17.2 Å². The van der Waals surface area contributed by atoms with Gasteiger partial charge in [0, 0.05) is 31.1 Å². The summed E-state index contributed by atoms with van der Waals surface area (Å²) in [6, 6.07) is 7.48. The number of carbonyl (C=O) groups excluding carboxylic acids is 1. The average molecular weight is 358 g/mol. The van der Waals surface area contributed by atoms with Gasteiger partial charge in [-0.25, -0.2) is 0 Å². The third-order valence-electron chi connectivity index (χ3n) is 4.18. The molecule has 0 bridgehead atoms. The lowest BCUT2D eigenvalue weighted by atomic mass is 10.3. The summed E-state index contributed by atoms with van der Waals surface area (Å²) in [5, 5.41) is 3.94. The summed E-state index contributed by atoms with van der Waals surface area (Å²) < 4.78 is 10.6. The van der Waals surface area contributed by atoms with E-state index in [9.17, 15) is 4.79 Å². The molecule has 0 saturated carbocycles. The highest BCUT2D eigenvalue weighted by Gasteiger charge is 2.24. The van der Waals surface area contributed by atoms with Crippen LogP contribution < -0.4 is 0 Å². The van der Waals surface area contributed by atoms with Gasteiger partial charge in [-0.3, -0.25) is 9.69 Å². The average Bonchev–Trinajstić information content (AvgIpc) is 3.36. The van der Waals surface area contributed by atoms with Crippen LogP contribution in [0.15, 0.2) is 39.5 Å². The summed E-state index contributed by atoms with van der Waals surface area (Å²) in [7, 11) is 0. The third-order valence-corrected chi connectivity index (χ3v) is 5.17. The summed E-state index contributed by atoms with van der Waals surface area (Å²) in [6.07, 6.45) is 1.58. The molecule has 3 aromatic heterocycles. The molecular weight excluding hydrogens is 340 g/mol. The van der Waals surface area contributed by atoms with Gasteiger partial charge in [-0.1, -0.05) is 5.16 Å². The van der Waals surface area contributed by atoms with Crippen LogP contribution in [0, 0.1) is 6.92 Å². The number of nitrogens with zero attached hydrogens (tertiary/aromatic N) is 4. The van der Waals surface area contributed by atoms with E-state index < -0.39 is 0 Å². The molecule has 0 aromatic carbocycles. The Hall–Kier alpha value is -2.45. The zero-order chi connectivity index (χ0) is 17.2. The standard InChI is InChI=1S/C17H18N4O3S/c1-12-4-5-14(25-12)17(22)21-8-6-20(7-9-21)11-15-18-16(19-24-15)13-3-2-10-23-13/h2-5,10H,6-9,11H2,1H3. The number of hydrogen-bond acceptors (Lipinski definition) is 7. The molecule has 0 spiro atoms. The first-order chi connectivity index (χ1) is 12.2. The number of amides is 1. The molecule has 130 valence electrons. The zero-order valence-electron chi connectivity index (χ0n) is 13.8. The molecule has 0 unspecified atom stereocenters. The highest BCUT2D eigenvalue weighted by Crippen LogP contribution is 2.19. The molecular formula is C17H18N4O3S. The smallest absolute Gasteiger partial charge is 0.264 e. The van der Waals surface area contributed by atoms with Crippen LogP contribution in [0.5, 0.6) is 0 Å². The first kappa shape index (κ1) is 16.0. The molecule has 4 rings (SSSR count). The first-order valence-corrected chi connectivity index (χ1v) is 8.95. The van der Waals surface area contributed by atoms with E-state index in [1.807, 2.05) is 24.0 Å². The normalized spacial score (nSPS) is 15.6. The van der Waals surface area contributed by atoms with Crippen LogP contribution in [-0.2, 0) is 6.54 Å². The van der Waals surface area contributed by atoms with Crippen molar-refractivity contribution in [2.45, 2.75) is 13.5 Å². The number of thiophene rings is 1. The molecule has 25 heavy (non-hydrogen) atoms. The minimum Gasteiger partial charge on any atom is -0.461 e. The van der Waals surface area contributed by atoms with Gasteiger partial charge >= 0.3 is 0 Å². The SMILES string of the molecule is Cc1ccc(C(=O)N2CCN(Cc3nc(-c4ccco4)no3)CC2)s1. The van der Waals surface area contributed by atoms with Gasteiger partial charge in [-0.2, -0.15) is 4.98 Å². The highest BCUT2D eigenvalue weighted by atomic mass is 32.1. The summed E-state index contributed by atoms with van der Waals surface area (Å²) in [4.78, 5) is 22.9. The van der Waals surface area contributed by atoms with Crippen LogP contribution in [0.2, 0.25) is 0 Å². The van der Waals surface area contributed by atoms with Crippen molar-refractivity contribution in [2.75, 3.05) is 26.2 Å². The van der Waals surface area contributed by atoms with Gasteiger partial charge in [0.25, 0.3) is 5.91 Å². The van der Waals surface area contributed by atoms with Crippen LogP contribution >= 0.6 is 11.3 Å². The molecule has 0 atom stereocenters. The molecule has 8 heteroatoms. The molecule has 1 aliphatic rings. The fourth-order valence-corrected chi connectivity index (χ4v) is 3.67. The van der Waals surface area contributed by atoms with Crippen LogP contribution in [0.25, 0.3) is 11.6 Å². The van der Waals surface area contributed by atoms with Crippen LogP contribution in [0.4, 0.5) is 0 Å². The number of carbonyl (C=O) groups is 1. The number of hydrogen-bond donors (Lipinski definition) is 0. The summed E-state index contributed by atoms with van der Waals surface area (Å²) in [6.45, 7) is 5.57. The number of aromatic nitrogens is 2.